The summed E-state index contributed by atoms with van der Waals surface area (Å²) in [5, 5.41) is 6.05. The van der Waals surface area contributed by atoms with Gasteiger partial charge in [-0.2, -0.15) is 0 Å². The van der Waals surface area contributed by atoms with Crippen molar-refractivity contribution in [2.24, 2.45) is 0 Å². The molecule has 2 fully saturated rings. The predicted molar refractivity (Wildman–Crippen MR) is 81.5 cm³/mol. The lowest BCUT2D eigenvalue weighted by Gasteiger charge is -2.34. The third kappa shape index (κ3) is 1.97. The van der Waals surface area contributed by atoms with Gasteiger partial charge in [0, 0.05) is 19.1 Å². The summed E-state index contributed by atoms with van der Waals surface area (Å²) in [5.41, 5.74) is 1.97. The molecule has 0 bridgehead atoms. The van der Waals surface area contributed by atoms with Crippen LogP contribution in [0.2, 0.25) is 0 Å². The number of nitrogens with zero attached hydrogens (tertiary/aromatic N) is 1. The second-order valence-electron chi connectivity index (χ2n) is 6.37. The molecule has 21 heavy (non-hydrogen) atoms. The minimum absolute atomic E-state index is 0.0466. The predicted octanol–water partition coefficient (Wildman–Crippen LogP) is 1.70. The summed E-state index contributed by atoms with van der Waals surface area (Å²) in [6.07, 6.45) is 4.03. The van der Waals surface area contributed by atoms with Crippen LogP contribution in [0.4, 0.5) is 0 Å². The van der Waals surface area contributed by atoms with E-state index in [1.807, 2.05) is 12.1 Å². The minimum atomic E-state index is -0.507. The van der Waals surface area contributed by atoms with Gasteiger partial charge in [-0.05, 0) is 36.8 Å². The van der Waals surface area contributed by atoms with Crippen LogP contribution in [-0.2, 0) is 11.2 Å². The quantitative estimate of drug-likeness (QED) is 0.825. The van der Waals surface area contributed by atoms with Gasteiger partial charge in [-0.25, -0.2) is 0 Å². The van der Waals surface area contributed by atoms with Crippen LogP contribution in [0.15, 0.2) is 36.6 Å². The van der Waals surface area contributed by atoms with Gasteiger partial charge in [0.2, 0.25) is 0 Å². The number of amides is 1. The maximum atomic E-state index is 12.2. The Morgan fingerprint density at radius 2 is 2.38 bits per heavy atom. The number of rotatable bonds is 1. The molecule has 4 nitrogen and oxygen atoms in total. The van der Waals surface area contributed by atoms with Crippen LogP contribution in [0, 0.1) is 0 Å². The summed E-state index contributed by atoms with van der Waals surface area (Å²) in [6.45, 7) is 5.44. The summed E-state index contributed by atoms with van der Waals surface area (Å²) in [6, 6.07) is 7.00. The van der Waals surface area contributed by atoms with Gasteiger partial charge >= 0.3 is 0 Å². The lowest BCUT2D eigenvalue weighted by atomic mass is 9.87. The average molecular weight is 285 g/mol. The van der Waals surface area contributed by atoms with Crippen molar-refractivity contribution in [1.82, 2.24) is 15.5 Å². The molecule has 4 heteroatoms. The highest BCUT2D eigenvalue weighted by Crippen LogP contribution is 2.38. The molecule has 2 unspecified atom stereocenters. The van der Waals surface area contributed by atoms with Crippen molar-refractivity contribution in [3.8, 4) is 0 Å². The second-order valence-corrected chi connectivity index (χ2v) is 6.37. The maximum Gasteiger partial charge on any atom is 0.252 e. The molecule has 1 amide bonds. The molecule has 0 saturated carbocycles. The zero-order chi connectivity index (χ0) is 15.3. The van der Waals surface area contributed by atoms with Gasteiger partial charge in [-0.3, -0.25) is 9.69 Å². The van der Waals surface area contributed by atoms with Crippen molar-refractivity contribution in [3.05, 3.63) is 47.8 Å². The van der Waals surface area contributed by atoms with Gasteiger partial charge in [-0.1, -0.05) is 30.8 Å². The van der Waals surface area contributed by atoms with Crippen molar-refractivity contribution in [1.29, 1.82) is 0 Å². The van der Waals surface area contributed by atoms with Gasteiger partial charge in [0.05, 0.1) is 7.19 Å². The maximum absolute atomic E-state index is 12.2. The standard InChI is InChI=1S/C17H21N3O/c1-12-18-16(21)17(19-12)9-10-20(11-17)15-8-4-6-13-5-2-3-7-14(13)15/h2-3,5,7,15,19H,1,4,6,8-11H2,(H,18,21)/i5T. The largest absolute Gasteiger partial charge is 0.357 e. The van der Waals surface area contributed by atoms with E-state index in [0.717, 1.165) is 32.2 Å². The topological polar surface area (TPSA) is 44.4 Å². The third-order valence-electron chi connectivity index (χ3n) is 5.07. The van der Waals surface area contributed by atoms with Crippen LogP contribution < -0.4 is 10.6 Å². The Morgan fingerprint density at radius 3 is 3.19 bits per heavy atom. The second kappa shape index (κ2) is 4.60. The molecule has 2 atom stereocenters. The zero-order valence-electron chi connectivity index (χ0n) is 13.1. The molecule has 0 aromatic heterocycles. The number of hydrogen-bond donors (Lipinski definition) is 2. The molecule has 0 radical (unpaired) electrons. The fraction of sp³-hybridized carbons (Fsp3) is 0.471. The Balaban J connectivity index is 1.62. The first kappa shape index (κ1) is 11.8. The molecule has 110 valence electrons. The number of nitrogens with one attached hydrogen (secondary N) is 2. The summed E-state index contributed by atoms with van der Waals surface area (Å²) in [5.74, 6) is 0.662. The number of carbonyl (C=O) groups excluding carboxylic acids is 1. The first-order valence-corrected chi connectivity index (χ1v) is 7.70. The summed E-state index contributed by atoms with van der Waals surface area (Å²) < 4.78 is 8.12. The highest BCUT2D eigenvalue weighted by Gasteiger charge is 2.50. The molecule has 2 heterocycles. The molecular formula is C17H21N3O. The highest BCUT2D eigenvalue weighted by molar-refractivity contribution is 5.91. The van der Waals surface area contributed by atoms with E-state index in [-0.39, 0.29) is 5.91 Å². The highest BCUT2D eigenvalue weighted by atomic mass is 16.2. The van der Waals surface area contributed by atoms with Gasteiger partial charge in [0.25, 0.3) is 5.91 Å². The van der Waals surface area contributed by atoms with Gasteiger partial charge < -0.3 is 10.6 Å². The molecule has 2 aliphatic heterocycles. The summed E-state index contributed by atoms with van der Waals surface area (Å²) in [4.78, 5) is 14.7. The lowest BCUT2D eigenvalue weighted by molar-refractivity contribution is -0.123. The van der Waals surface area contributed by atoms with Crippen LogP contribution in [-0.4, -0.2) is 29.4 Å². The van der Waals surface area contributed by atoms with E-state index in [2.05, 4.69) is 28.2 Å². The van der Waals surface area contributed by atoms with E-state index in [1.165, 1.54) is 11.1 Å². The molecule has 1 aromatic rings. The monoisotopic (exact) mass is 285 g/mol. The molecule has 2 saturated heterocycles. The Labute approximate surface area is 126 Å². The smallest absolute Gasteiger partial charge is 0.252 e. The first-order valence-electron chi connectivity index (χ1n) is 8.20. The molecule has 1 spiro atoms. The van der Waals surface area contributed by atoms with Gasteiger partial charge in [0.1, 0.15) is 5.54 Å². The van der Waals surface area contributed by atoms with Gasteiger partial charge in [-0.15, -0.1) is 0 Å². The minimum Gasteiger partial charge on any atom is -0.357 e. The summed E-state index contributed by atoms with van der Waals surface area (Å²) >= 11 is 0. The lowest BCUT2D eigenvalue weighted by Crippen LogP contribution is -2.48. The van der Waals surface area contributed by atoms with E-state index in [1.54, 1.807) is 0 Å². The fourth-order valence-corrected chi connectivity index (χ4v) is 4.05. The van der Waals surface area contributed by atoms with Crippen molar-refractivity contribution in [2.45, 2.75) is 37.3 Å². The Morgan fingerprint density at radius 1 is 1.48 bits per heavy atom. The zero-order valence-corrected chi connectivity index (χ0v) is 12.1. The Kier molecular flexibility index (Phi) is 2.59. The van der Waals surface area contributed by atoms with Gasteiger partial charge in [0.15, 0.2) is 0 Å². The molecule has 4 rings (SSSR count). The molecule has 1 aromatic carbocycles. The summed E-state index contributed by atoms with van der Waals surface area (Å²) in [7, 11) is 0. The van der Waals surface area contributed by atoms with E-state index in [9.17, 15) is 4.79 Å². The number of fused-ring (bicyclic) bond motifs is 1. The fourth-order valence-electron chi connectivity index (χ4n) is 4.05. The Hall–Kier alpha value is -1.81. The van der Waals surface area contributed by atoms with Crippen LogP contribution in [0.1, 0.15) is 37.8 Å². The van der Waals surface area contributed by atoms with Crippen LogP contribution in [0.25, 0.3) is 0 Å². The number of benzene rings is 1. The number of hydrogen-bond acceptors (Lipinski definition) is 3. The number of likely N-dealkylation sites (tertiary alicyclic amines) is 1. The molecule has 1 aliphatic carbocycles. The van der Waals surface area contributed by atoms with E-state index in [4.69, 9.17) is 1.37 Å². The van der Waals surface area contributed by atoms with E-state index >= 15 is 0 Å². The van der Waals surface area contributed by atoms with Crippen molar-refractivity contribution < 1.29 is 6.17 Å². The average Bonchev–Trinajstić information content (AvgIpc) is 3.03. The van der Waals surface area contributed by atoms with Crippen LogP contribution in [0.5, 0.6) is 0 Å². The third-order valence-corrected chi connectivity index (χ3v) is 5.07. The van der Waals surface area contributed by atoms with E-state index < -0.39 is 5.54 Å². The first-order chi connectivity index (χ1) is 10.6. The number of carbonyl (C=O) groups is 1. The van der Waals surface area contributed by atoms with Crippen molar-refractivity contribution in [2.75, 3.05) is 13.1 Å². The molecule has 2 N–H and O–H groups in total. The van der Waals surface area contributed by atoms with E-state index in [0.29, 0.717) is 24.4 Å². The van der Waals surface area contributed by atoms with Crippen LogP contribution in [0.3, 0.4) is 0 Å². The normalized spacial score (nSPS) is 32.8. The van der Waals surface area contributed by atoms with Crippen LogP contribution >= 0.6 is 0 Å². The molecular weight excluding hydrogens is 262 g/mol. The molecule has 3 aliphatic rings. The van der Waals surface area contributed by atoms with Crippen molar-refractivity contribution in [3.63, 3.8) is 0 Å². The van der Waals surface area contributed by atoms with Crippen molar-refractivity contribution >= 4 is 5.91 Å². The Bertz CT molecular complexity index is 659. The SMILES string of the molecule is [3H]c1cccc2c1CCCC2N1CCC2(C1)NC(=C)NC2=O.